The maximum Gasteiger partial charge on any atom is 0.157 e. The minimum atomic E-state index is 0.736. The molecule has 92 valence electrons. The minimum absolute atomic E-state index is 0.736. The van der Waals surface area contributed by atoms with E-state index in [1.165, 1.54) is 0 Å². The molecule has 0 amide bonds. The van der Waals surface area contributed by atoms with Gasteiger partial charge in [0.1, 0.15) is 5.82 Å². The molecule has 0 radical (unpaired) electrons. The van der Waals surface area contributed by atoms with E-state index in [0.717, 1.165) is 37.7 Å². The van der Waals surface area contributed by atoms with Crippen LogP contribution in [0.1, 0.15) is 0 Å². The van der Waals surface area contributed by atoms with Crippen LogP contribution in [-0.4, -0.2) is 47.9 Å². The third-order valence-corrected chi connectivity index (χ3v) is 2.35. The zero-order valence-electron chi connectivity index (χ0n) is 9.89. The van der Waals surface area contributed by atoms with E-state index in [0.29, 0.717) is 0 Å². The lowest BCUT2D eigenvalue weighted by Gasteiger charge is -2.06. The Bertz CT molecular complexity index is 456. The van der Waals surface area contributed by atoms with Crippen molar-refractivity contribution < 1.29 is 4.74 Å². The molecule has 0 bridgehead atoms. The van der Waals surface area contributed by atoms with Gasteiger partial charge in [0.05, 0.1) is 12.8 Å². The Morgan fingerprint density at radius 3 is 3.12 bits per heavy atom. The van der Waals surface area contributed by atoms with Gasteiger partial charge in [-0.05, 0) is 6.07 Å². The Morgan fingerprint density at radius 1 is 1.29 bits per heavy atom. The number of hydrogen-bond acceptors (Lipinski definition) is 5. The predicted octanol–water partition coefficient (Wildman–Crippen LogP) is 0.377. The minimum Gasteiger partial charge on any atom is -0.383 e. The summed E-state index contributed by atoms with van der Waals surface area (Å²) in [6, 6.07) is 3.79. The molecule has 0 saturated heterocycles. The Balaban J connectivity index is 1.75. The lowest BCUT2D eigenvalue weighted by Crippen LogP contribution is -2.25. The van der Waals surface area contributed by atoms with Crippen LogP contribution in [0.4, 0.5) is 5.82 Å². The molecule has 0 spiro atoms. The maximum absolute atomic E-state index is 4.94. The van der Waals surface area contributed by atoms with Crippen LogP contribution in [0.15, 0.2) is 24.5 Å². The molecule has 0 aromatic carbocycles. The van der Waals surface area contributed by atoms with Crippen LogP contribution >= 0.6 is 0 Å². The van der Waals surface area contributed by atoms with E-state index in [1.54, 1.807) is 17.8 Å². The molecular formula is C11H17N5O. The third kappa shape index (κ3) is 3.40. The van der Waals surface area contributed by atoms with E-state index >= 15 is 0 Å². The first-order chi connectivity index (χ1) is 8.40. The van der Waals surface area contributed by atoms with Crippen molar-refractivity contribution in [2.75, 3.05) is 38.7 Å². The van der Waals surface area contributed by atoms with E-state index in [4.69, 9.17) is 4.74 Å². The van der Waals surface area contributed by atoms with Gasteiger partial charge in [-0.25, -0.2) is 9.50 Å². The molecule has 2 aromatic rings. The first-order valence-corrected chi connectivity index (χ1v) is 5.64. The number of ether oxygens (including phenoxy) is 1. The second kappa shape index (κ2) is 6.17. The van der Waals surface area contributed by atoms with Gasteiger partial charge in [0.25, 0.3) is 0 Å². The second-order valence-corrected chi connectivity index (χ2v) is 3.62. The summed E-state index contributed by atoms with van der Waals surface area (Å²) in [4.78, 5) is 4.41. The summed E-state index contributed by atoms with van der Waals surface area (Å²) in [5.41, 5.74) is 0.849. The van der Waals surface area contributed by atoms with Gasteiger partial charge in [-0.15, -0.1) is 0 Å². The van der Waals surface area contributed by atoms with Crippen molar-refractivity contribution in [3.63, 3.8) is 0 Å². The molecule has 0 aliphatic heterocycles. The summed E-state index contributed by atoms with van der Waals surface area (Å²) < 4.78 is 6.68. The second-order valence-electron chi connectivity index (χ2n) is 3.62. The number of methoxy groups -OCH3 is 1. The SMILES string of the molecule is COCCNCCNc1ccn2nccc2n1. The smallest absolute Gasteiger partial charge is 0.157 e. The number of nitrogens with zero attached hydrogens (tertiary/aromatic N) is 3. The quantitative estimate of drug-likeness (QED) is 0.679. The summed E-state index contributed by atoms with van der Waals surface area (Å²) in [7, 11) is 1.70. The summed E-state index contributed by atoms with van der Waals surface area (Å²) in [5, 5.41) is 10.6. The van der Waals surface area contributed by atoms with Crippen LogP contribution in [-0.2, 0) is 4.74 Å². The number of nitrogens with one attached hydrogen (secondary N) is 2. The van der Waals surface area contributed by atoms with E-state index in [2.05, 4.69) is 20.7 Å². The van der Waals surface area contributed by atoms with Crippen LogP contribution in [0, 0.1) is 0 Å². The van der Waals surface area contributed by atoms with Crippen molar-refractivity contribution in [3.8, 4) is 0 Å². The van der Waals surface area contributed by atoms with E-state index in [-0.39, 0.29) is 0 Å². The van der Waals surface area contributed by atoms with Crippen molar-refractivity contribution in [3.05, 3.63) is 24.5 Å². The molecule has 0 atom stereocenters. The molecule has 0 aliphatic carbocycles. The fraction of sp³-hybridized carbons (Fsp3) is 0.455. The molecular weight excluding hydrogens is 218 g/mol. The topological polar surface area (TPSA) is 63.5 Å². The van der Waals surface area contributed by atoms with Gasteiger partial charge in [-0.2, -0.15) is 5.10 Å². The Morgan fingerprint density at radius 2 is 2.24 bits per heavy atom. The summed E-state index contributed by atoms with van der Waals surface area (Å²) in [6.45, 7) is 3.32. The highest BCUT2D eigenvalue weighted by Gasteiger charge is 1.97. The summed E-state index contributed by atoms with van der Waals surface area (Å²) in [6.07, 6.45) is 3.63. The Labute approximate surface area is 100.0 Å². The van der Waals surface area contributed by atoms with Crippen molar-refractivity contribution in [1.29, 1.82) is 0 Å². The van der Waals surface area contributed by atoms with Crippen LogP contribution in [0.5, 0.6) is 0 Å². The molecule has 0 saturated carbocycles. The molecule has 2 N–H and O–H groups in total. The summed E-state index contributed by atoms with van der Waals surface area (Å²) >= 11 is 0. The van der Waals surface area contributed by atoms with Gasteiger partial charge < -0.3 is 15.4 Å². The van der Waals surface area contributed by atoms with Crippen molar-refractivity contribution >= 4 is 11.5 Å². The molecule has 0 aliphatic rings. The van der Waals surface area contributed by atoms with Crippen LogP contribution < -0.4 is 10.6 Å². The number of anilines is 1. The lowest BCUT2D eigenvalue weighted by molar-refractivity contribution is 0.200. The van der Waals surface area contributed by atoms with Gasteiger partial charge in [-0.3, -0.25) is 0 Å². The molecule has 2 rings (SSSR count). The predicted molar refractivity (Wildman–Crippen MR) is 66.2 cm³/mol. The number of aromatic nitrogens is 3. The van der Waals surface area contributed by atoms with E-state index < -0.39 is 0 Å². The largest absolute Gasteiger partial charge is 0.383 e. The first-order valence-electron chi connectivity index (χ1n) is 5.64. The molecule has 17 heavy (non-hydrogen) atoms. The highest BCUT2D eigenvalue weighted by molar-refractivity contribution is 5.45. The maximum atomic E-state index is 4.94. The Hall–Kier alpha value is -1.66. The van der Waals surface area contributed by atoms with Gasteiger partial charge in [0.15, 0.2) is 5.65 Å². The van der Waals surface area contributed by atoms with Crippen molar-refractivity contribution in [1.82, 2.24) is 19.9 Å². The standard InChI is InChI=1S/C11H17N5O/c1-17-9-7-12-5-6-13-10-3-8-16-11(15-10)2-4-14-16/h2-4,8,12H,5-7,9H2,1H3,(H,13,15). The Kier molecular flexibility index (Phi) is 4.29. The molecule has 6 heteroatoms. The number of hydrogen-bond donors (Lipinski definition) is 2. The van der Waals surface area contributed by atoms with Crippen molar-refractivity contribution in [2.24, 2.45) is 0 Å². The average molecular weight is 235 g/mol. The van der Waals surface area contributed by atoms with E-state index in [1.807, 2.05) is 18.3 Å². The van der Waals surface area contributed by atoms with Crippen LogP contribution in [0.2, 0.25) is 0 Å². The van der Waals surface area contributed by atoms with Crippen molar-refractivity contribution in [2.45, 2.75) is 0 Å². The molecule has 6 nitrogen and oxygen atoms in total. The fourth-order valence-corrected chi connectivity index (χ4v) is 1.49. The lowest BCUT2D eigenvalue weighted by atomic mass is 10.5. The zero-order chi connectivity index (χ0) is 11.9. The number of rotatable bonds is 7. The average Bonchev–Trinajstić information content (AvgIpc) is 2.81. The van der Waals surface area contributed by atoms with E-state index in [9.17, 15) is 0 Å². The fourth-order valence-electron chi connectivity index (χ4n) is 1.49. The molecule has 2 heterocycles. The van der Waals surface area contributed by atoms with Crippen LogP contribution in [0.25, 0.3) is 5.65 Å². The first kappa shape index (κ1) is 11.8. The highest BCUT2D eigenvalue weighted by atomic mass is 16.5. The third-order valence-electron chi connectivity index (χ3n) is 2.35. The van der Waals surface area contributed by atoms with Gasteiger partial charge in [0.2, 0.25) is 0 Å². The van der Waals surface area contributed by atoms with Crippen LogP contribution in [0.3, 0.4) is 0 Å². The normalized spacial score (nSPS) is 10.9. The molecule has 2 aromatic heterocycles. The van der Waals surface area contributed by atoms with Gasteiger partial charge in [-0.1, -0.05) is 0 Å². The molecule has 0 fully saturated rings. The van der Waals surface area contributed by atoms with Gasteiger partial charge in [0, 0.05) is 39.0 Å². The monoisotopic (exact) mass is 235 g/mol. The van der Waals surface area contributed by atoms with Gasteiger partial charge >= 0.3 is 0 Å². The molecule has 0 unspecified atom stereocenters. The zero-order valence-corrected chi connectivity index (χ0v) is 9.89. The highest BCUT2D eigenvalue weighted by Crippen LogP contribution is 2.04. The summed E-state index contributed by atoms with van der Waals surface area (Å²) in [5.74, 6) is 0.867. The number of fused-ring (bicyclic) bond motifs is 1.